The quantitative estimate of drug-likeness (QED) is 0.799. The van der Waals surface area contributed by atoms with Gasteiger partial charge in [0.2, 0.25) is 0 Å². The third kappa shape index (κ3) is 2.83. The van der Waals surface area contributed by atoms with Gasteiger partial charge in [-0.05, 0) is 49.8 Å². The zero-order valence-corrected chi connectivity index (χ0v) is 13.3. The lowest BCUT2D eigenvalue weighted by molar-refractivity contribution is 0.415. The Morgan fingerprint density at radius 1 is 1.23 bits per heavy atom. The van der Waals surface area contributed by atoms with Crippen molar-refractivity contribution in [2.75, 3.05) is 7.11 Å². The highest BCUT2D eigenvalue weighted by molar-refractivity contribution is 6.32. The Morgan fingerprint density at radius 3 is 2.45 bits per heavy atom. The lowest BCUT2D eigenvalue weighted by Gasteiger charge is -2.11. The Hall–Kier alpha value is -2.69. The molecule has 0 spiro atoms. The van der Waals surface area contributed by atoms with Crippen LogP contribution in [0.15, 0.2) is 29.8 Å². The molecule has 0 N–H and O–H groups in total. The van der Waals surface area contributed by atoms with Crippen LogP contribution in [0.2, 0.25) is 5.02 Å². The molecule has 0 aliphatic heterocycles. The smallest absolute Gasteiger partial charge is 0.137 e. The molecule has 0 aliphatic rings. The molecule has 0 bridgehead atoms. The number of hydrogen-bond donors (Lipinski definition) is 0. The van der Waals surface area contributed by atoms with Crippen molar-refractivity contribution in [2.24, 2.45) is 0 Å². The van der Waals surface area contributed by atoms with Crippen molar-refractivity contribution < 1.29 is 4.74 Å². The number of aryl methyl sites for hydroxylation is 1. The predicted molar refractivity (Wildman–Crippen MR) is 86.0 cm³/mol. The Balaban J connectivity index is 2.57. The van der Waals surface area contributed by atoms with Gasteiger partial charge in [-0.3, -0.25) is 0 Å². The summed E-state index contributed by atoms with van der Waals surface area (Å²) in [6.45, 7) is 3.89. The molecule has 0 saturated heterocycles. The molecule has 2 aromatic rings. The number of aromatic nitrogens is 1. The van der Waals surface area contributed by atoms with Crippen LogP contribution in [-0.2, 0) is 0 Å². The third-order valence-corrected chi connectivity index (χ3v) is 3.70. The highest BCUT2D eigenvalue weighted by Gasteiger charge is 2.11. The topological polar surface area (TPSA) is 61.7 Å². The molecule has 1 heterocycles. The Labute approximate surface area is 134 Å². The van der Waals surface area contributed by atoms with Gasteiger partial charge < -0.3 is 9.30 Å². The van der Waals surface area contributed by atoms with E-state index in [1.54, 1.807) is 13.2 Å². The van der Waals surface area contributed by atoms with Crippen molar-refractivity contribution in [1.29, 1.82) is 10.5 Å². The van der Waals surface area contributed by atoms with Crippen molar-refractivity contribution in [3.63, 3.8) is 0 Å². The van der Waals surface area contributed by atoms with Gasteiger partial charge in [-0.1, -0.05) is 11.6 Å². The first-order chi connectivity index (χ1) is 10.5. The summed E-state index contributed by atoms with van der Waals surface area (Å²) < 4.78 is 7.18. The van der Waals surface area contributed by atoms with E-state index in [2.05, 4.69) is 0 Å². The van der Waals surface area contributed by atoms with Gasteiger partial charge >= 0.3 is 0 Å². The second-order valence-electron chi connectivity index (χ2n) is 4.76. The number of halogens is 1. The van der Waals surface area contributed by atoms with Crippen molar-refractivity contribution in [1.82, 2.24) is 4.57 Å². The summed E-state index contributed by atoms with van der Waals surface area (Å²) in [5, 5.41) is 18.3. The van der Waals surface area contributed by atoms with Gasteiger partial charge in [-0.15, -0.1) is 0 Å². The first-order valence-corrected chi connectivity index (χ1v) is 6.94. The van der Waals surface area contributed by atoms with Crippen molar-refractivity contribution in [3.8, 4) is 23.6 Å². The van der Waals surface area contributed by atoms with E-state index in [1.807, 2.05) is 54.8 Å². The zero-order valence-electron chi connectivity index (χ0n) is 12.5. The van der Waals surface area contributed by atoms with E-state index in [4.69, 9.17) is 26.9 Å². The summed E-state index contributed by atoms with van der Waals surface area (Å²) in [6.07, 6.45) is 1.59. The van der Waals surface area contributed by atoms with E-state index in [-0.39, 0.29) is 5.57 Å². The van der Waals surface area contributed by atoms with Gasteiger partial charge in [0.15, 0.2) is 0 Å². The molecular weight excluding hydrogens is 298 g/mol. The van der Waals surface area contributed by atoms with Gasteiger partial charge in [0.25, 0.3) is 0 Å². The molecule has 4 nitrogen and oxygen atoms in total. The summed E-state index contributed by atoms with van der Waals surface area (Å²) in [4.78, 5) is 0. The number of allylic oxidation sites excluding steroid dienone is 1. The van der Waals surface area contributed by atoms with E-state index >= 15 is 0 Å². The summed E-state index contributed by atoms with van der Waals surface area (Å²) >= 11 is 6.18. The van der Waals surface area contributed by atoms with Crippen molar-refractivity contribution in [3.05, 3.63) is 51.8 Å². The van der Waals surface area contributed by atoms with E-state index in [9.17, 15) is 0 Å². The van der Waals surface area contributed by atoms with Crippen molar-refractivity contribution in [2.45, 2.75) is 13.8 Å². The third-order valence-electron chi connectivity index (χ3n) is 3.40. The van der Waals surface area contributed by atoms with Crippen LogP contribution in [-0.4, -0.2) is 11.7 Å². The highest BCUT2D eigenvalue weighted by atomic mass is 35.5. The molecule has 1 aromatic heterocycles. The number of benzene rings is 1. The maximum atomic E-state index is 8.89. The molecule has 110 valence electrons. The second-order valence-corrected chi connectivity index (χ2v) is 5.17. The van der Waals surface area contributed by atoms with E-state index in [1.165, 1.54) is 0 Å². The lowest BCUT2D eigenvalue weighted by Crippen LogP contribution is -1.99. The molecule has 5 heteroatoms. The molecule has 0 unspecified atom stereocenters. The van der Waals surface area contributed by atoms with Gasteiger partial charge in [0, 0.05) is 17.1 Å². The standard InChI is InChI=1S/C17H14ClN3O/c1-11-6-14(7-13(9-19)10-20)12(2)21(11)15-4-5-17(22-3)16(18)8-15/h4-8H,1-3H3. The minimum atomic E-state index is 0.0769. The molecule has 2 rings (SSSR count). The Morgan fingerprint density at radius 2 is 1.91 bits per heavy atom. The van der Waals surface area contributed by atoms with Crippen LogP contribution in [0.5, 0.6) is 5.75 Å². The van der Waals surface area contributed by atoms with Crippen molar-refractivity contribution >= 4 is 17.7 Å². The minimum absolute atomic E-state index is 0.0769. The van der Waals surface area contributed by atoms with Crippen LogP contribution in [0, 0.1) is 36.5 Å². The summed E-state index contributed by atoms with van der Waals surface area (Å²) in [6, 6.07) is 11.2. The summed E-state index contributed by atoms with van der Waals surface area (Å²) in [5.41, 5.74) is 3.73. The average Bonchev–Trinajstić information content (AvgIpc) is 2.78. The fourth-order valence-electron chi connectivity index (χ4n) is 2.37. The van der Waals surface area contributed by atoms with Gasteiger partial charge in [0.1, 0.15) is 23.5 Å². The molecular formula is C17H14ClN3O. The zero-order chi connectivity index (χ0) is 16.3. The average molecular weight is 312 g/mol. The molecule has 0 radical (unpaired) electrons. The number of ether oxygens (including phenoxy) is 1. The number of hydrogen-bond acceptors (Lipinski definition) is 3. The Kier molecular flexibility index (Phi) is 4.56. The lowest BCUT2D eigenvalue weighted by atomic mass is 10.1. The monoisotopic (exact) mass is 311 g/mol. The largest absolute Gasteiger partial charge is 0.495 e. The van der Waals surface area contributed by atoms with E-state index < -0.39 is 0 Å². The predicted octanol–water partition coefficient (Wildman–Crippen LogP) is 4.19. The van der Waals surface area contributed by atoms with Crippen LogP contribution in [0.1, 0.15) is 17.0 Å². The van der Waals surface area contributed by atoms with Crippen LogP contribution >= 0.6 is 11.6 Å². The number of methoxy groups -OCH3 is 1. The van der Waals surface area contributed by atoms with Gasteiger partial charge in [0.05, 0.1) is 12.1 Å². The first-order valence-electron chi connectivity index (χ1n) is 6.56. The summed E-state index contributed by atoms with van der Waals surface area (Å²) in [5.74, 6) is 0.615. The molecule has 0 aliphatic carbocycles. The van der Waals surface area contributed by atoms with Crippen LogP contribution in [0.25, 0.3) is 11.8 Å². The molecule has 0 amide bonds. The normalized spacial score (nSPS) is 9.73. The van der Waals surface area contributed by atoms with Crippen LogP contribution in [0.3, 0.4) is 0 Å². The molecule has 0 atom stereocenters. The fraction of sp³-hybridized carbons (Fsp3) is 0.176. The first kappa shape index (κ1) is 15.7. The van der Waals surface area contributed by atoms with E-state index in [0.717, 1.165) is 22.6 Å². The van der Waals surface area contributed by atoms with Crippen LogP contribution in [0.4, 0.5) is 0 Å². The van der Waals surface area contributed by atoms with E-state index in [0.29, 0.717) is 10.8 Å². The maximum Gasteiger partial charge on any atom is 0.137 e. The highest BCUT2D eigenvalue weighted by Crippen LogP contribution is 2.29. The SMILES string of the molecule is COc1ccc(-n2c(C)cc(C=C(C#N)C#N)c2C)cc1Cl. The minimum Gasteiger partial charge on any atom is -0.495 e. The number of rotatable bonds is 3. The fourth-order valence-corrected chi connectivity index (χ4v) is 2.62. The number of nitriles is 2. The van der Waals surface area contributed by atoms with Gasteiger partial charge in [-0.2, -0.15) is 10.5 Å². The molecule has 0 saturated carbocycles. The summed E-state index contributed by atoms with van der Waals surface area (Å²) in [7, 11) is 1.57. The molecule has 0 fully saturated rings. The molecule has 1 aromatic carbocycles. The Bertz CT molecular complexity index is 819. The maximum absolute atomic E-state index is 8.89. The number of nitrogens with zero attached hydrogens (tertiary/aromatic N) is 3. The van der Waals surface area contributed by atoms with Gasteiger partial charge in [-0.25, -0.2) is 0 Å². The molecule has 22 heavy (non-hydrogen) atoms. The van der Waals surface area contributed by atoms with Crippen LogP contribution < -0.4 is 4.74 Å². The second kappa shape index (κ2) is 6.39.